The van der Waals surface area contributed by atoms with E-state index in [0.29, 0.717) is 19.8 Å². The van der Waals surface area contributed by atoms with Crippen LogP contribution in [-0.4, -0.2) is 244 Å². The Morgan fingerprint density at radius 3 is 0.871 bits per heavy atom. The molecule has 33 nitrogen and oxygen atoms in total. The second-order valence-corrected chi connectivity index (χ2v) is 35.1. The second kappa shape index (κ2) is 74.2. The number of alkyl halides is 3. The predicted octanol–water partition coefficient (Wildman–Crippen LogP) is 19.2. The smallest absolute Gasteiger partial charge is 0.407 e. The fourth-order valence-corrected chi connectivity index (χ4v) is 16.2. The van der Waals surface area contributed by atoms with Crippen molar-refractivity contribution in [1.82, 2.24) is 16.0 Å². The third-order valence-corrected chi connectivity index (χ3v) is 23.5. The lowest BCUT2D eigenvalue weighted by molar-refractivity contribution is -0.184. The number of halogens is 3. The van der Waals surface area contributed by atoms with E-state index in [-0.39, 0.29) is 82.2 Å². The van der Waals surface area contributed by atoms with Crippen LogP contribution >= 0.6 is 34.8 Å². The average molecular weight is 2110 g/mol. The number of rotatable bonds is 25. The molecule has 0 spiro atoms. The van der Waals surface area contributed by atoms with Crippen molar-refractivity contribution in [3.05, 3.63) is 251 Å². The number of aliphatic hydroxyl groups is 6. The molecule has 6 heterocycles. The number of fused-ring (bicyclic) bond motifs is 9. The molecule has 0 saturated carbocycles. The maximum absolute atomic E-state index is 12.9. The number of nitrogens with one attached hydrogen (secondary N) is 4. The Balaban J connectivity index is 0.000000317. The van der Waals surface area contributed by atoms with Crippen LogP contribution in [0.4, 0.5) is 14.4 Å². The minimum Gasteiger partial charge on any atom is -0.480 e. The third-order valence-electron chi connectivity index (χ3n) is 23.0. The summed E-state index contributed by atoms with van der Waals surface area (Å²) >= 11 is 16.3. The van der Waals surface area contributed by atoms with Crippen molar-refractivity contribution >= 4 is 82.9 Å². The highest BCUT2D eigenvalue weighted by atomic mass is 35.6. The summed E-state index contributed by atoms with van der Waals surface area (Å²) in [6.07, 6.45) is 12.5. The summed E-state index contributed by atoms with van der Waals surface area (Å²) in [5.74, 6) is -3.38. The molecule has 147 heavy (non-hydrogen) atoms. The number of esters is 3. The van der Waals surface area contributed by atoms with Crippen molar-refractivity contribution in [1.29, 1.82) is 5.41 Å². The molecule has 3 amide bonds. The lowest BCUT2D eigenvalue weighted by Gasteiger charge is -2.25. The van der Waals surface area contributed by atoms with Gasteiger partial charge in [0.2, 0.25) is 18.5 Å². The van der Waals surface area contributed by atoms with Gasteiger partial charge in [-0.25, -0.2) is 28.8 Å². The van der Waals surface area contributed by atoms with E-state index in [0.717, 1.165) is 235 Å². The van der Waals surface area contributed by atoms with Gasteiger partial charge < -0.3 is 123 Å². The largest absolute Gasteiger partial charge is 0.480 e. The molecule has 810 valence electrons. The van der Waals surface area contributed by atoms with E-state index < -0.39 is 96.2 Å². The van der Waals surface area contributed by atoms with Gasteiger partial charge in [-0.15, -0.1) is 0 Å². The fourth-order valence-electron chi connectivity index (χ4n) is 16.1. The topological polar surface area (TPSA) is 459 Å². The molecule has 0 aromatic heterocycles. The maximum atomic E-state index is 12.9. The second-order valence-electron chi connectivity index (χ2n) is 32.8. The molecule has 0 radical (unpaired) electrons. The van der Waals surface area contributed by atoms with Crippen LogP contribution in [0.2, 0.25) is 0 Å². The number of aliphatic carboxylic acids is 1. The van der Waals surface area contributed by atoms with Gasteiger partial charge in [0.1, 0.15) is 33.0 Å². The first-order valence-electron chi connectivity index (χ1n) is 50.3. The first kappa shape index (κ1) is 127. The van der Waals surface area contributed by atoms with Gasteiger partial charge >= 0.3 is 42.2 Å². The van der Waals surface area contributed by atoms with Crippen molar-refractivity contribution in [2.45, 2.75) is 255 Å². The van der Waals surface area contributed by atoms with Crippen molar-refractivity contribution in [3.63, 3.8) is 0 Å². The molecule has 6 aliphatic heterocycles. The first-order chi connectivity index (χ1) is 71.6. The van der Waals surface area contributed by atoms with E-state index in [1.807, 2.05) is 199 Å². The molecule has 9 atom stereocenters. The molecule has 8 aromatic rings. The van der Waals surface area contributed by atoms with E-state index in [2.05, 4.69) is 64.5 Å². The van der Waals surface area contributed by atoms with E-state index in [4.69, 9.17) is 137 Å². The zero-order chi connectivity index (χ0) is 108. The predicted molar refractivity (Wildman–Crippen MR) is 560 cm³/mol. The first-order valence-corrected chi connectivity index (χ1v) is 51.4. The van der Waals surface area contributed by atoms with Crippen molar-refractivity contribution in [2.75, 3.05) is 101 Å². The Morgan fingerprint density at radius 2 is 0.612 bits per heavy atom. The van der Waals surface area contributed by atoms with Crippen LogP contribution in [-0.2, 0) is 103 Å². The lowest BCUT2D eigenvalue weighted by atomic mass is 9.98. The maximum Gasteiger partial charge on any atom is 0.407 e. The summed E-state index contributed by atoms with van der Waals surface area (Å²) in [6, 6.07) is 63.5. The number of carboxylic acids is 1. The van der Waals surface area contributed by atoms with Crippen LogP contribution in [0.5, 0.6) is 0 Å². The zero-order valence-electron chi connectivity index (χ0n) is 85.9. The molecule has 9 aliphatic rings. The highest BCUT2D eigenvalue weighted by Gasteiger charge is 2.37. The van der Waals surface area contributed by atoms with Gasteiger partial charge in [0, 0.05) is 85.3 Å². The summed E-state index contributed by atoms with van der Waals surface area (Å²) < 4.78 is 77.5. The van der Waals surface area contributed by atoms with Crippen LogP contribution in [0.1, 0.15) is 226 Å². The summed E-state index contributed by atoms with van der Waals surface area (Å²) in [4.78, 5) is 84.5. The Labute approximate surface area is 878 Å². The standard InChI is InChI=1S/C30H31NO6.C25H23NO5.C23H25NO6.C7H10Cl3NO2.C7H12O3.2C5H10O2.3C2H6.3CH4O/c32-29(36-18-21-10-2-1-3-11-21)27(20-35-28-16-8-9-17-34-28)31-30(33)37-19-26-24-14-6-4-12-22(24)23-13-5-7-15-25(23)26;27-14-23(24(28)30-15-17-8-2-1-3-9-17)26-25(29)31-16-22-20-12-6-4-10-18(20)19-11-5-7-13-21(19)22;25-22(26)20(14-29-21-11-5-6-12-28-21)24-23(27)30-13-19-17-9-3-1-7-15(17)16-8-2-4-10-18(16)19;8-7(9,10)6(11)13-5-3-1-2-4-12-5;1-6(8)10-7-4-2-3-5-9-7;2*6-5-3-1-2-4-7-5;6*1-2/h1-7,10-15,26-28H,8-9,16-20H2,(H,31,33);1-13,22-23,27H,14-16H2,(H,26,29);1-4,7-10,19-21H,5-6,11-14H2,(H,24,27)(H,25,26);5,11H,1-4H2;7H,2-5H2,1H3;2*5-6H,1-4H2;3*1-2H3;3*2H,1H3/t27?,28-;;20?,21-;5-;7-;2*5-;;;;;;/m0.00011....../s1. The van der Waals surface area contributed by atoms with Crippen molar-refractivity contribution < 1.29 is 140 Å². The van der Waals surface area contributed by atoms with Crippen LogP contribution in [0.15, 0.2) is 206 Å². The van der Waals surface area contributed by atoms with E-state index >= 15 is 0 Å². The molecule has 6 fully saturated rings. The minimum atomic E-state index is -1.79. The highest BCUT2D eigenvalue weighted by molar-refractivity contribution is 6.76. The molecule has 0 bridgehead atoms. The Kier molecular flexibility index (Phi) is 63.9. The third kappa shape index (κ3) is 45.3. The minimum absolute atomic E-state index is 0.0581. The summed E-state index contributed by atoms with van der Waals surface area (Å²) in [7, 11) is 3.00. The number of amides is 3. The molecule has 8 aromatic carbocycles. The van der Waals surface area contributed by atoms with Crippen molar-refractivity contribution in [3.8, 4) is 33.4 Å². The number of alkyl carbamates (subject to hydrolysis) is 3. The number of carbonyl (C=O) groups is 7. The molecule has 3 unspecified atom stereocenters. The van der Waals surface area contributed by atoms with Crippen LogP contribution in [0, 0.1) is 5.41 Å². The van der Waals surface area contributed by atoms with Gasteiger partial charge in [-0.1, -0.05) is 283 Å². The summed E-state index contributed by atoms with van der Waals surface area (Å²) in [6.45, 7) is 17.2. The molecule has 36 heteroatoms. The number of benzene rings is 8. The van der Waals surface area contributed by atoms with Crippen molar-refractivity contribution in [2.24, 2.45) is 0 Å². The van der Waals surface area contributed by atoms with Gasteiger partial charge in [0.05, 0.1) is 33.0 Å². The van der Waals surface area contributed by atoms with Crippen LogP contribution < -0.4 is 16.0 Å². The fraction of sp³-hybridized carbons (Fsp3) is 0.495. The summed E-state index contributed by atoms with van der Waals surface area (Å²) in [5, 5.41) is 72.0. The normalized spacial score (nSPS) is 18.3. The summed E-state index contributed by atoms with van der Waals surface area (Å²) in [5.41, 5.74) is 15.1. The van der Waals surface area contributed by atoms with Gasteiger partial charge in [-0.2, -0.15) is 0 Å². The lowest BCUT2D eigenvalue weighted by Crippen LogP contribution is -2.46. The molecule has 6 saturated heterocycles. The molecule has 11 N–H and O–H groups in total. The Morgan fingerprint density at radius 1 is 0.354 bits per heavy atom. The SMILES string of the molecule is CC.CC.CC.CC(=O)O[C@H]1CCCCO1.CO.CO.CO.N=C(O[C@H]1CCCCO1)C(Cl)(Cl)Cl.O=C(NC(CO)C(=O)OCc1ccccc1)OCC1c2ccccc2-c2ccccc21.O=C(NC(CO[C@H]1CCCCO1)C(=O)O)OCC1c2ccccc2-c2ccccc21.O=C(NC(CO[C@H]1CCCCO1)C(=O)OCc1ccccc1)OCC1c2ccccc2-c2ccccc21.O[C@H]1CCCCO1.O[C@H]1CCCCO1. The monoisotopic (exact) mass is 2110 g/mol. The van der Waals surface area contributed by atoms with Gasteiger partial charge in [0.15, 0.2) is 43.3 Å². The van der Waals surface area contributed by atoms with Gasteiger partial charge in [0.25, 0.3) is 3.79 Å². The number of aliphatic hydroxyl groups excluding tert-OH is 6. The van der Waals surface area contributed by atoms with Gasteiger partial charge in [-0.05, 0) is 181 Å². The number of carbonyl (C=O) groups excluding carboxylic acids is 6. The number of carboxylic acid groups (broad SMARTS) is 1. The van der Waals surface area contributed by atoms with E-state index in [1.165, 1.54) is 6.92 Å². The molecular formula is C111H151Cl3N4O29. The van der Waals surface area contributed by atoms with Crippen LogP contribution in [0.25, 0.3) is 33.4 Å². The Hall–Kier alpha value is -10.8. The zero-order valence-corrected chi connectivity index (χ0v) is 88.2. The van der Waals surface area contributed by atoms with Crippen LogP contribution in [0.3, 0.4) is 0 Å². The number of hydrogen-bond acceptors (Lipinski definition) is 29. The highest BCUT2D eigenvalue weighted by Crippen LogP contribution is 2.48. The molecular weight excluding hydrogens is 1960 g/mol. The number of hydrogen-bond donors (Lipinski definition) is 11. The van der Waals surface area contributed by atoms with E-state index in [9.17, 15) is 43.8 Å². The van der Waals surface area contributed by atoms with E-state index in [1.54, 1.807) is 0 Å². The Bertz CT molecular complexity index is 4860. The molecule has 17 rings (SSSR count). The molecule has 3 aliphatic carbocycles. The van der Waals surface area contributed by atoms with Gasteiger partial charge in [-0.3, -0.25) is 10.2 Å². The average Bonchev–Trinajstić information content (AvgIpc) is 1.62. The number of ether oxygens (including phenoxy) is 15. The quantitative estimate of drug-likeness (QED) is 0.00832.